The van der Waals surface area contributed by atoms with E-state index in [0.717, 1.165) is 0 Å². The van der Waals surface area contributed by atoms with Crippen molar-refractivity contribution < 1.29 is 14.7 Å². The number of amides is 1. The molecule has 0 aromatic heterocycles. The molecule has 0 aromatic carbocycles. The van der Waals surface area contributed by atoms with Crippen LogP contribution < -0.4 is 5.32 Å². The summed E-state index contributed by atoms with van der Waals surface area (Å²) in [5, 5.41) is 12.2. The monoisotopic (exact) mass is 244 g/mol. The highest BCUT2D eigenvalue weighted by molar-refractivity contribution is 7.99. The number of rotatable bonds is 5. The van der Waals surface area contributed by atoms with Crippen molar-refractivity contribution in [2.75, 3.05) is 18.2 Å². The van der Waals surface area contributed by atoms with Gasteiger partial charge in [0.15, 0.2) is 0 Å². The topological polar surface area (TPSA) is 69.6 Å². The summed E-state index contributed by atoms with van der Waals surface area (Å²) in [7, 11) is 0. The Morgan fingerprint density at radius 2 is 2.19 bits per heavy atom. The lowest BCUT2D eigenvalue weighted by molar-refractivity contribution is -0.147. The lowest BCUT2D eigenvalue weighted by atomic mass is 10.2. The summed E-state index contributed by atoms with van der Waals surface area (Å²) in [6, 6.07) is -0.0329. The largest absolute Gasteiger partial charge is 0.480 e. The number of thioether (sulfide) groups is 1. The second kappa shape index (κ2) is 5.05. The molecule has 2 aliphatic rings. The predicted octanol–water partition coefficient (Wildman–Crippen LogP) is 0.115. The second-order valence-electron chi connectivity index (χ2n) is 4.20. The van der Waals surface area contributed by atoms with Gasteiger partial charge in [0.2, 0.25) is 5.91 Å². The van der Waals surface area contributed by atoms with Gasteiger partial charge in [0, 0.05) is 24.8 Å². The number of carbonyl (C=O) groups is 2. The standard InChI is InChI=1S/C10H16N2O3S/c13-9(3-4-11-7-1-2-7)12-6-16-5-8(12)10(14)15/h7-8,11H,1-6H2,(H,14,15)/t8-/m0/s1. The molecule has 2 rings (SSSR count). The van der Waals surface area contributed by atoms with E-state index in [1.54, 1.807) is 0 Å². The maximum atomic E-state index is 11.8. The Balaban J connectivity index is 1.75. The third kappa shape index (κ3) is 2.89. The van der Waals surface area contributed by atoms with Crippen LogP contribution >= 0.6 is 11.8 Å². The van der Waals surface area contributed by atoms with Crippen LogP contribution in [-0.4, -0.2) is 52.1 Å². The van der Waals surface area contributed by atoms with E-state index in [2.05, 4.69) is 5.32 Å². The van der Waals surface area contributed by atoms with E-state index in [1.165, 1.54) is 29.5 Å². The van der Waals surface area contributed by atoms with Crippen LogP contribution in [0.4, 0.5) is 0 Å². The number of nitrogens with zero attached hydrogens (tertiary/aromatic N) is 1. The highest BCUT2D eigenvalue weighted by Gasteiger charge is 2.34. The number of carboxylic acid groups (broad SMARTS) is 1. The van der Waals surface area contributed by atoms with Crippen LogP contribution in [0.25, 0.3) is 0 Å². The number of aliphatic carboxylic acids is 1. The first kappa shape index (κ1) is 11.7. The Hall–Kier alpha value is -0.750. The molecule has 0 bridgehead atoms. The Morgan fingerprint density at radius 3 is 2.81 bits per heavy atom. The van der Waals surface area contributed by atoms with Crippen LogP contribution in [0.5, 0.6) is 0 Å². The van der Waals surface area contributed by atoms with Crippen molar-refractivity contribution in [1.29, 1.82) is 0 Å². The maximum Gasteiger partial charge on any atom is 0.327 e. The fourth-order valence-electron chi connectivity index (χ4n) is 1.71. The van der Waals surface area contributed by atoms with Gasteiger partial charge < -0.3 is 15.3 Å². The molecule has 16 heavy (non-hydrogen) atoms. The summed E-state index contributed by atoms with van der Waals surface area (Å²) in [4.78, 5) is 24.1. The van der Waals surface area contributed by atoms with E-state index in [4.69, 9.17) is 5.11 Å². The zero-order chi connectivity index (χ0) is 11.5. The Morgan fingerprint density at radius 1 is 1.44 bits per heavy atom. The van der Waals surface area contributed by atoms with Crippen molar-refractivity contribution in [3.05, 3.63) is 0 Å². The third-order valence-corrected chi connectivity index (χ3v) is 3.85. The van der Waals surface area contributed by atoms with Crippen molar-refractivity contribution >= 4 is 23.6 Å². The van der Waals surface area contributed by atoms with Crippen molar-refractivity contribution in [2.45, 2.75) is 31.3 Å². The van der Waals surface area contributed by atoms with Gasteiger partial charge in [-0.1, -0.05) is 0 Å². The molecule has 1 saturated carbocycles. The van der Waals surface area contributed by atoms with E-state index in [1.807, 2.05) is 0 Å². The first-order valence-electron chi connectivity index (χ1n) is 5.52. The normalized spacial score (nSPS) is 24.8. The minimum Gasteiger partial charge on any atom is -0.480 e. The van der Waals surface area contributed by atoms with E-state index >= 15 is 0 Å². The van der Waals surface area contributed by atoms with Crippen LogP contribution in [0.2, 0.25) is 0 Å². The molecule has 0 spiro atoms. The van der Waals surface area contributed by atoms with Gasteiger partial charge >= 0.3 is 5.97 Å². The fourth-order valence-corrected chi connectivity index (χ4v) is 2.88. The minimum atomic E-state index is -0.895. The predicted molar refractivity (Wildman–Crippen MR) is 61.2 cm³/mol. The third-order valence-electron chi connectivity index (χ3n) is 2.84. The van der Waals surface area contributed by atoms with Crippen molar-refractivity contribution in [2.24, 2.45) is 0 Å². The molecule has 0 unspecified atom stereocenters. The molecule has 1 amide bonds. The molecule has 0 radical (unpaired) electrons. The maximum absolute atomic E-state index is 11.8. The van der Waals surface area contributed by atoms with Crippen LogP contribution in [0.15, 0.2) is 0 Å². The van der Waals surface area contributed by atoms with Gasteiger partial charge in [0.1, 0.15) is 6.04 Å². The van der Waals surface area contributed by atoms with E-state index < -0.39 is 12.0 Å². The number of nitrogens with one attached hydrogen (secondary N) is 1. The van der Waals surface area contributed by atoms with Crippen LogP contribution in [0, 0.1) is 0 Å². The van der Waals surface area contributed by atoms with E-state index in [9.17, 15) is 9.59 Å². The first-order chi connectivity index (χ1) is 7.68. The number of hydrogen-bond donors (Lipinski definition) is 2. The summed E-state index contributed by atoms with van der Waals surface area (Å²) in [6.07, 6.45) is 2.80. The van der Waals surface area contributed by atoms with Crippen molar-refractivity contribution in [1.82, 2.24) is 10.2 Å². The van der Waals surface area contributed by atoms with Gasteiger partial charge in [-0.25, -0.2) is 4.79 Å². The SMILES string of the molecule is O=C(O)[C@@H]1CSCN1C(=O)CCNC1CC1. The quantitative estimate of drug-likeness (QED) is 0.718. The molecule has 90 valence electrons. The van der Waals surface area contributed by atoms with Gasteiger partial charge in [-0.15, -0.1) is 11.8 Å². The van der Waals surface area contributed by atoms with Crippen LogP contribution in [0.1, 0.15) is 19.3 Å². The second-order valence-corrected chi connectivity index (χ2v) is 5.20. The number of carboxylic acids is 1. The first-order valence-corrected chi connectivity index (χ1v) is 6.67. The molecule has 6 heteroatoms. The molecule has 1 heterocycles. The molecule has 1 aliphatic carbocycles. The molecular formula is C10H16N2O3S. The molecule has 1 saturated heterocycles. The zero-order valence-corrected chi connectivity index (χ0v) is 9.83. The fraction of sp³-hybridized carbons (Fsp3) is 0.800. The molecule has 0 aromatic rings. The number of carbonyl (C=O) groups excluding carboxylic acids is 1. The smallest absolute Gasteiger partial charge is 0.327 e. The Kier molecular flexibility index (Phi) is 3.70. The molecule has 2 N–H and O–H groups in total. The molecule has 5 nitrogen and oxygen atoms in total. The summed E-state index contributed by atoms with van der Waals surface area (Å²) >= 11 is 1.50. The summed E-state index contributed by atoms with van der Waals surface area (Å²) < 4.78 is 0. The van der Waals surface area contributed by atoms with Gasteiger partial charge in [0.25, 0.3) is 0 Å². The molecule has 2 fully saturated rings. The van der Waals surface area contributed by atoms with Crippen LogP contribution in [0.3, 0.4) is 0 Å². The highest BCUT2D eigenvalue weighted by Crippen LogP contribution is 2.22. The van der Waals surface area contributed by atoms with E-state index in [0.29, 0.717) is 30.6 Å². The zero-order valence-electron chi connectivity index (χ0n) is 9.02. The van der Waals surface area contributed by atoms with Gasteiger partial charge in [-0.2, -0.15) is 0 Å². The van der Waals surface area contributed by atoms with Gasteiger partial charge in [-0.05, 0) is 12.8 Å². The summed E-state index contributed by atoms with van der Waals surface area (Å²) in [5.74, 6) is 0.0788. The minimum absolute atomic E-state index is 0.0504. The lowest BCUT2D eigenvalue weighted by Gasteiger charge is -2.20. The van der Waals surface area contributed by atoms with Gasteiger partial charge in [0.05, 0.1) is 5.88 Å². The average Bonchev–Trinajstić information content (AvgIpc) is 2.93. The molecule has 1 aliphatic heterocycles. The van der Waals surface area contributed by atoms with Crippen molar-refractivity contribution in [3.63, 3.8) is 0 Å². The molecular weight excluding hydrogens is 228 g/mol. The Labute approximate surface area is 98.6 Å². The molecule has 1 atom stereocenters. The summed E-state index contributed by atoms with van der Waals surface area (Å²) in [6.45, 7) is 0.664. The Bertz CT molecular complexity index is 294. The van der Waals surface area contributed by atoms with Crippen molar-refractivity contribution in [3.8, 4) is 0 Å². The number of hydrogen-bond acceptors (Lipinski definition) is 4. The van der Waals surface area contributed by atoms with Crippen LogP contribution in [-0.2, 0) is 9.59 Å². The van der Waals surface area contributed by atoms with E-state index in [-0.39, 0.29) is 5.91 Å². The summed E-state index contributed by atoms with van der Waals surface area (Å²) in [5.41, 5.74) is 0. The highest BCUT2D eigenvalue weighted by atomic mass is 32.2. The van der Waals surface area contributed by atoms with Gasteiger partial charge in [-0.3, -0.25) is 4.79 Å². The average molecular weight is 244 g/mol. The lowest BCUT2D eigenvalue weighted by Crippen LogP contribution is -2.42.